The second-order valence-electron chi connectivity index (χ2n) is 5.22. The minimum Gasteiger partial charge on any atom is -0.311 e. The largest absolute Gasteiger partial charge is 0.311 e. The van der Waals surface area contributed by atoms with E-state index in [1.807, 2.05) is 0 Å². The van der Waals surface area contributed by atoms with Crippen LogP contribution in [0.4, 0.5) is 0 Å². The highest BCUT2D eigenvalue weighted by Crippen LogP contribution is 2.24. The fraction of sp³-hybridized carbons (Fsp3) is 1.00. The van der Waals surface area contributed by atoms with Crippen molar-refractivity contribution in [3.05, 3.63) is 0 Å². The van der Waals surface area contributed by atoms with Gasteiger partial charge in [0.05, 0.1) is 0 Å². The monoisotopic (exact) mass is 196 g/mol. The molecule has 0 bridgehead atoms. The predicted octanol–water partition coefficient (Wildman–Crippen LogP) is 1.86. The quantitative estimate of drug-likeness (QED) is 0.741. The van der Waals surface area contributed by atoms with E-state index in [9.17, 15) is 0 Å². The number of nitrogens with one attached hydrogen (secondary N) is 1. The maximum atomic E-state index is 3.78. The molecule has 0 radical (unpaired) electrons. The van der Waals surface area contributed by atoms with Gasteiger partial charge in [0.25, 0.3) is 0 Å². The molecule has 1 aliphatic heterocycles. The van der Waals surface area contributed by atoms with E-state index in [4.69, 9.17) is 0 Å². The van der Waals surface area contributed by atoms with Crippen molar-refractivity contribution in [1.82, 2.24) is 10.2 Å². The fourth-order valence-corrected chi connectivity index (χ4v) is 2.61. The van der Waals surface area contributed by atoms with Crippen LogP contribution in [0.3, 0.4) is 0 Å². The summed E-state index contributed by atoms with van der Waals surface area (Å²) in [6.07, 6.45) is 7.04. The Balaban J connectivity index is 1.71. The van der Waals surface area contributed by atoms with Gasteiger partial charge in [-0.25, -0.2) is 0 Å². The summed E-state index contributed by atoms with van der Waals surface area (Å²) in [4.78, 5) is 2.45. The Kier molecular flexibility index (Phi) is 3.45. The highest BCUT2D eigenvalue weighted by Gasteiger charge is 2.25. The summed E-state index contributed by atoms with van der Waals surface area (Å²) in [7, 11) is 2.24. The lowest BCUT2D eigenvalue weighted by molar-refractivity contribution is 0.172. The van der Waals surface area contributed by atoms with Crippen LogP contribution in [0.25, 0.3) is 0 Å². The van der Waals surface area contributed by atoms with E-state index in [1.54, 1.807) is 0 Å². The Morgan fingerprint density at radius 1 is 1.14 bits per heavy atom. The zero-order valence-corrected chi connectivity index (χ0v) is 9.63. The minimum atomic E-state index is 0.744. The predicted molar refractivity (Wildman–Crippen MR) is 60.5 cm³/mol. The first-order valence-corrected chi connectivity index (χ1v) is 6.20. The van der Waals surface area contributed by atoms with Crippen LogP contribution >= 0.6 is 0 Å². The molecule has 1 unspecified atom stereocenters. The van der Waals surface area contributed by atoms with Crippen molar-refractivity contribution in [3.8, 4) is 0 Å². The van der Waals surface area contributed by atoms with E-state index in [-0.39, 0.29) is 0 Å². The summed E-state index contributed by atoms with van der Waals surface area (Å²) in [6.45, 7) is 4.97. The van der Waals surface area contributed by atoms with Gasteiger partial charge in [0.1, 0.15) is 0 Å². The number of piperidine rings is 1. The topological polar surface area (TPSA) is 15.3 Å². The summed E-state index contributed by atoms with van der Waals surface area (Å²) in [5.74, 6) is 0.923. The Bertz CT molecular complexity index is 169. The van der Waals surface area contributed by atoms with Gasteiger partial charge in [-0.05, 0) is 58.7 Å². The average molecular weight is 196 g/mol. The fourth-order valence-electron chi connectivity index (χ4n) is 2.61. The van der Waals surface area contributed by atoms with Gasteiger partial charge in [0.15, 0.2) is 0 Å². The zero-order chi connectivity index (χ0) is 9.97. The molecule has 0 aromatic rings. The van der Waals surface area contributed by atoms with Crippen LogP contribution in [0, 0.1) is 5.92 Å². The van der Waals surface area contributed by atoms with E-state index in [0.29, 0.717) is 0 Å². The molecule has 1 saturated carbocycles. The Labute approximate surface area is 88.1 Å². The Hall–Kier alpha value is -0.0800. The molecule has 1 atom stereocenters. The first-order chi connectivity index (χ1) is 6.75. The molecule has 2 rings (SSSR count). The molecule has 2 heteroatoms. The molecular weight excluding hydrogens is 172 g/mol. The standard InChI is InChI=1S/C12H24N2/c1-10(13-12-4-3-5-12)11-6-8-14(2)9-7-11/h10-13H,3-9H2,1-2H3. The molecular formula is C12H24N2. The van der Waals surface area contributed by atoms with Crippen molar-refractivity contribution < 1.29 is 0 Å². The number of likely N-dealkylation sites (tertiary alicyclic amines) is 1. The van der Waals surface area contributed by atoms with Gasteiger partial charge in [-0.3, -0.25) is 0 Å². The van der Waals surface area contributed by atoms with Crippen LogP contribution in [0.2, 0.25) is 0 Å². The highest BCUT2D eigenvalue weighted by molar-refractivity contribution is 4.84. The summed E-state index contributed by atoms with van der Waals surface area (Å²) < 4.78 is 0. The van der Waals surface area contributed by atoms with Crippen LogP contribution in [0.1, 0.15) is 39.0 Å². The lowest BCUT2D eigenvalue weighted by Gasteiger charge is -2.37. The maximum absolute atomic E-state index is 3.78. The zero-order valence-electron chi connectivity index (χ0n) is 9.63. The summed E-state index contributed by atoms with van der Waals surface area (Å²) >= 11 is 0. The van der Waals surface area contributed by atoms with Crippen molar-refractivity contribution in [1.29, 1.82) is 0 Å². The summed E-state index contributed by atoms with van der Waals surface area (Å²) in [5.41, 5.74) is 0. The van der Waals surface area contributed by atoms with Crippen LogP contribution in [0.15, 0.2) is 0 Å². The smallest absolute Gasteiger partial charge is 0.00705 e. The van der Waals surface area contributed by atoms with Gasteiger partial charge in [0, 0.05) is 12.1 Å². The molecule has 2 fully saturated rings. The van der Waals surface area contributed by atoms with Gasteiger partial charge in [-0.1, -0.05) is 6.42 Å². The molecule has 0 spiro atoms. The van der Waals surface area contributed by atoms with E-state index in [1.165, 1.54) is 45.2 Å². The maximum Gasteiger partial charge on any atom is 0.00705 e. The van der Waals surface area contributed by atoms with Gasteiger partial charge in [-0.15, -0.1) is 0 Å². The third-order valence-corrected chi connectivity index (χ3v) is 4.07. The molecule has 0 aromatic heterocycles. The molecule has 1 heterocycles. The first-order valence-electron chi connectivity index (χ1n) is 6.20. The van der Waals surface area contributed by atoms with Crippen molar-refractivity contribution in [3.63, 3.8) is 0 Å². The van der Waals surface area contributed by atoms with Crippen molar-refractivity contribution in [2.24, 2.45) is 5.92 Å². The second-order valence-corrected chi connectivity index (χ2v) is 5.22. The summed E-state index contributed by atoms with van der Waals surface area (Å²) in [6, 6.07) is 1.60. The molecule has 1 aliphatic carbocycles. The number of nitrogens with zero attached hydrogens (tertiary/aromatic N) is 1. The number of hydrogen-bond donors (Lipinski definition) is 1. The Morgan fingerprint density at radius 3 is 2.29 bits per heavy atom. The van der Waals surface area contributed by atoms with Crippen LogP contribution < -0.4 is 5.32 Å². The van der Waals surface area contributed by atoms with E-state index in [2.05, 4.69) is 24.2 Å². The highest BCUT2D eigenvalue weighted by atomic mass is 15.1. The minimum absolute atomic E-state index is 0.744. The first kappa shape index (κ1) is 10.4. The van der Waals surface area contributed by atoms with E-state index >= 15 is 0 Å². The normalized spacial score (nSPS) is 28.7. The second kappa shape index (κ2) is 4.63. The van der Waals surface area contributed by atoms with E-state index in [0.717, 1.165) is 18.0 Å². The van der Waals surface area contributed by atoms with Crippen molar-refractivity contribution in [2.45, 2.75) is 51.1 Å². The lowest BCUT2D eigenvalue weighted by atomic mass is 9.87. The van der Waals surface area contributed by atoms with Gasteiger partial charge in [0.2, 0.25) is 0 Å². The SMILES string of the molecule is CC(NC1CCC1)C1CCN(C)CC1. The average Bonchev–Trinajstić information content (AvgIpc) is 2.12. The molecule has 0 amide bonds. The van der Waals surface area contributed by atoms with Crippen LogP contribution in [-0.2, 0) is 0 Å². The van der Waals surface area contributed by atoms with Gasteiger partial charge >= 0.3 is 0 Å². The van der Waals surface area contributed by atoms with Crippen LogP contribution in [-0.4, -0.2) is 37.1 Å². The van der Waals surface area contributed by atoms with E-state index < -0.39 is 0 Å². The van der Waals surface area contributed by atoms with Gasteiger partial charge < -0.3 is 10.2 Å². The molecule has 1 saturated heterocycles. The van der Waals surface area contributed by atoms with Crippen molar-refractivity contribution in [2.75, 3.05) is 20.1 Å². The molecule has 2 aliphatic rings. The molecule has 0 aromatic carbocycles. The number of rotatable bonds is 3. The van der Waals surface area contributed by atoms with Gasteiger partial charge in [-0.2, -0.15) is 0 Å². The third kappa shape index (κ3) is 2.48. The molecule has 2 nitrogen and oxygen atoms in total. The van der Waals surface area contributed by atoms with Crippen LogP contribution in [0.5, 0.6) is 0 Å². The third-order valence-electron chi connectivity index (χ3n) is 4.07. The Morgan fingerprint density at radius 2 is 1.79 bits per heavy atom. The molecule has 14 heavy (non-hydrogen) atoms. The van der Waals surface area contributed by atoms with Crippen molar-refractivity contribution >= 4 is 0 Å². The lowest BCUT2D eigenvalue weighted by Crippen LogP contribution is -2.47. The molecule has 1 N–H and O–H groups in total. The summed E-state index contributed by atoms with van der Waals surface area (Å²) in [5, 5.41) is 3.78. The number of hydrogen-bond acceptors (Lipinski definition) is 2. The molecule has 82 valence electrons.